The number of ether oxygens (including phenoxy) is 1. The van der Waals surface area contributed by atoms with Gasteiger partial charge in [0.15, 0.2) is 0 Å². The molecule has 1 heterocycles. The summed E-state index contributed by atoms with van der Waals surface area (Å²) >= 11 is 0. The van der Waals surface area contributed by atoms with E-state index in [0.717, 1.165) is 31.5 Å². The summed E-state index contributed by atoms with van der Waals surface area (Å²) in [5, 5.41) is 0. The van der Waals surface area contributed by atoms with Gasteiger partial charge in [-0.05, 0) is 25.5 Å². The molecule has 22 heavy (non-hydrogen) atoms. The topological polar surface area (TPSA) is 29.5 Å². The highest BCUT2D eigenvalue weighted by atomic mass is 35.5. The number of carbonyl (C=O) groups excluding carboxylic acids is 1. The summed E-state index contributed by atoms with van der Waals surface area (Å²) in [6.07, 6.45) is 2.01. The van der Waals surface area contributed by atoms with Gasteiger partial charge in [-0.25, -0.2) is 0 Å². The zero-order chi connectivity index (χ0) is 15.5. The SMILES string of the molecule is CCCN1CC(C)C(OC(C)=O)(c2ccccc2)CC1C.[Cl-]. The highest BCUT2D eigenvalue weighted by Gasteiger charge is 2.47. The van der Waals surface area contributed by atoms with Gasteiger partial charge >= 0.3 is 5.97 Å². The van der Waals surface area contributed by atoms with Crippen molar-refractivity contribution in [2.24, 2.45) is 5.92 Å². The van der Waals surface area contributed by atoms with Crippen molar-refractivity contribution < 1.29 is 21.9 Å². The van der Waals surface area contributed by atoms with Crippen molar-refractivity contribution in [3.8, 4) is 0 Å². The minimum absolute atomic E-state index is 0. The van der Waals surface area contributed by atoms with Gasteiger partial charge in [-0.2, -0.15) is 0 Å². The minimum atomic E-state index is -0.489. The number of carbonyl (C=O) groups is 1. The monoisotopic (exact) mass is 324 g/mol. The number of hydrogen-bond donors (Lipinski definition) is 0. The molecule has 124 valence electrons. The van der Waals surface area contributed by atoms with Crippen LogP contribution in [0.2, 0.25) is 0 Å². The molecular weight excluding hydrogens is 298 g/mol. The van der Waals surface area contributed by atoms with Crippen LogP contribution < -0.4 is 12.4 Å². The molecule has 0 amide bonds. The van der Waals surface area contributed by atoms with Crippen LogP contribution in [0.25, 0.3) is 0 Å². The number of rotatable bonds is 4. The van der Waals surface area contributed by atoms with Crippen molar-refractivity contribution in [3.63, 3.8) is 0 Å². The summed E-state index contributed by atoms with van der Waals surface area (Å²) in [6.45, 7) is 10.2. The molecule has 0 radical (unpaired) electrons. The zero-order valence-corrected chi connectivity index (χ0v) is 14.8. The molecule has 3 atom stereocenters. The van der Waals surface area contributed by atoms with E-state index in [1.165, 1.54) is 6.92 Å². The molecule has 0 aromatic heterocycles. The maximum absolute atomic E-state index is 11.7. The van der Waals surface area contributed by atoms with Crippen molar-refractivity contribution in [2.45, 2.75) is 52.2 Å². The van der Waals surface area contributed by atoms with Gasteiger partial charge in [0.25, 0.3) is 0 Å². The molecule has 1 aliphatic heterocycles. The Kier molecular flexibility index (Phi) is 6.89. The Morgan fingerprint density at radius 1 is 1.32 bits per heavy atom. The van der Waals surface area contributed by atoms with Gasteiger partial charge in [0.05, 0.1) is 0 Å². The first-order valence-electron chi connectivity index (χ1n) is 7.98. The Morgan fingerprint density at radius 2 is 1.95 bits per heavy atom. The maximum atomic E-state index is 11.7. The van der Waals surface area contributed by atoms with E-state index >= 15 is 0 Å². The fourth-order valence-corrected chi connectivity index (χ4v) is 3.63. The third kappa shape index (κ3) is 3.82. The molecule has 3 unspecified atom stereocenters. The fraction of sp³-hybridized carbons (Fsp3) is 0.611. The van der Waals surface area contributed by atoms with E-state index in [1.807, 2.05) is 18.2 Å². The predicted octanol–water partition coefficient (Wildman–Crippen LogP) is 0.589. The van der Waals surface area contributed by atoms with Crippen LogP contribution in [0.3, 0.4) is 0 Å². The van der Waals surface area contributed by atoms with E-state index in [0.29, 0.717) is 6.04 Å². The van der Waals surface area contributed by atoms with Crippen LogP contribution in [0.4, 0.5) is 0 Å². The molecule has 0 aliphatic carbocycles. The standard InChI is InChI=1S/C18H27NO2.ClH/c1-5-11-19-13-14(2)18(12-15(19)3,21-16(4)20)17-9-7-6-8-10-17;/h6-10,14-15H,5,11-13H2,1-4H3;1H/p-1. The molecule has 1 saturated heterocycles. The largest absolute Gasteiger partial charge is 1.00 e. The predicted molar refractivity (Wildman–Crippen MR) is 85.0 cm³/mol. The number of hydrogen-bond acceptors (Lipinski definition) is 3. The maximum Gasteiger partial charge on any atom is 0.303 e. The molecule has 1 fully saturated rings. The highest BCUT2D eigenvalue weighted by Crippen LogP contribution is 2.43. The summed E-state index contributed by atoms with van der Waals surface area (Å²) in [6, 6.07) is 10.6. The van der Waals surface area contributed by atoms with Gasteiger partial charge in [0, 0.05) is 31.8 Å². The first-order chi connectivity index (χ1) is 9.99. The summed E-state index contributed by atoms with van der Waals surface area (Å²) in [5.74, 6) is 0.0911. The Bertz CT molecular complexity index is 479. The lowest BCUT2D eigenvalue weighted by atomic mass is 9.74. The molecule has 0 N–H and O–H groups in total. The summed E-state index contributed by atoms with van der Waals surface area (Å²) < 4.78 is 5.91. The van der Waals surface area contributed by atoms with Gasteiger partial charge in [-0.3, -0.25) is 4.79 Å². The van der Waals surface area contributed by atoms with Gasteiger partial charge in [-0.15, -0.1) is 0 Å². The van der Waals surface area contributed by atoms with E-state index in [1.54, 1.807) is 0 Å². The average molecular weight is 325 g/mol. The van der Waals surface area contributed by atoms with Gasteiger partial charge in [0.1, 0.15) is 5.60 Å². The molecule has 1 aliphatic rings. The quantitative estimate of drug-likeness (QED) is 0.759. The normalized spacial score (nSPS) is 28.7. The van der Waals surface area contributed by atoms with Crippen LogP contribution in [-0.4, -0.2) is 30.0 Å². The molecule has 0 saturated carbocycles. The molecule has 0 spiro atoms. The minimum Gasteiger partial charge on any atom is -1.00 e. The Morgan fingerprint density at radius 3 is 2.50 bits per heavy atom. The van der Waals surface area contributed by atoms with Crippen LogP contribution in [-0.2, 0) is 15.1 Å². The number of esters is 1. The first kappa shape index (κ1) is 19.0. The second kappa shape index (κ2) is 7.98. The number of likely N-dealkylation sites (tertiary alicyclic amines) is 1. The Hall–Kier alpha value is -1.06. The number of nitrogens with zero attached hydrogens (tertiary/aromatic N) is 1. The van der Waals surface area contributed by atoms with E-state index < -0.39 is 5.60 Å². The third-order valence-electron chi connectivity index (χ3n) is 4.63. The van der Waals surface area contributed by atoms with E-state index in [-0.39, 0.29) is 24.3 Å². The second-order valence-corrected chi connectivity index (χ2v) is 6.30. The van der Waals surface area contributed by atoms with E-state index in [2.05, 4.69) is 37.8 Å². The molecule has 1 aromatic carbocycles. The highest BCUT2D eigenvalue weighted by molar-refractivity contribution is 5.67. The number of benzene rings is 1. The summed E-state index contributed by atoms with van der Waals surface area (Å²) in [7, 11) is 0. The Balaban J connectivity index is 0.00000242. The summed E-state index contributed by atoms with van der Waals surface area (Å²) in [4.78, 5) is 14.2. The first-order valence-corrected chi connectivity index (χ1v) is 7.98. The van der Waals surface area contributed by atoms with Crippen LogP contribution >= 0.6 is 0 Å². The molecule has 0 bridgehead atoms. The lowest BCUT2D eigenvalue weighted by Gasteiger charge is -2.49. The van der Waals surface area contributed by atoms with Crippen molar-refractivity contribution >= 4 is 5.97 Å². The fourth-order valence-electron chi connectivity index (χ4n) is 3.63. The van der Waals surface area contributed by atoms with Crippen molar-refractivity contribution in [3.05, 3.63) is 35.9 Å². The molecule has 1 aromatic rings. The Labute approximate surface area is 140 Å². The average Bonchev–Trinajstić information content (AvgIpc) is 2.45. The zero-order valence-electron chi connectivity index (χ0n) is 14.0. The molecular formula is C18H27ClNO2-. The van der Waals surface area contributed by atoms with Crippen molar-refractivity contribution in [1.29, 1.82) is 0 Å². The van der Waals surface area contributed by atoms with Gasteiger partial charge in [0.2, 0.25) is 0 Å². The third-order valence-corrected chi connectivity index (χ3v) is 4.63. The lowest BCUT2D eigenvalue weighted by molar-refractivity contribution is -0.176. The van der Waals surface area contributed by atoms with Crippen LogP contribution in [0, 0.1) is 5.92 Å². The second-order valence-electron chi connectivity index (χ2n) is 6.30. The molecule has 4 heteroatoms. The van der Waals surface area contributed by atoms with Gasteiger partial charge in [-0.1, -0.05) is 44.2 Å². The summed E-state index contributed by atoms with van der Waals surface area (Å²) in [5.41, 5.74) is 0.632. The van der Waals surface area contributed by atoms with Crippen molar-refractivity contribution in [2.75, 3.05) is 13.1 Å². The van der Waals surface area contributed by atoms with E-state index in [4.69, 9.17) is 4.74 Å². The van der Waals surface area contributed by atoms with Crippen LogP contribution in [0.5, 0.6) is 0 Å². The van der Waals surface area contributed by atoms with Crippen LogP contribution in [0.1, 0.15) is 46.1 Å². The van der Waals surface area contributed by atoms with E-state index in [9.17, 15) is 4.79 Å². The van der Waals surface area contributed by atoms with Crippen LogP contribution in [0.15, 0.2) is 30.3 Å². The number of piperidine rings is 1. The van der Waals surface area contributed by atoms with Gasteiger partial charge < -0.3 is 22.0 Å². The lowest BCUT2D eigenvalue weighted by Crippen LogP contribution is -3.00. The number of halogens is 1. The molecule has 2 rings (SSSR count). The molecule has 3 nitrogen and oxygen atoms in total. The van der Waals surface area contributed by atoms with Crippen molar-refractivity contribution in [1.82, 2.24) is 4.90 Å². The smallest absolute Gasteiger partial charge is 0.303 e.